The fourth-order valence-electron chi connectivity index (χ4n) is 2.22. The van der Waals surface area contributed by atoms with Crippen LogP contribution in [0.25, 0.3) is 6.08 Å². The first kappa shape index (κ1) is 19.7. The Morgan fingerprint density at radius 1 is 1.12 bits per heavy atom. The van der Waals surface area contributed by atoms with Crippen molar-refractivity contribution in [3.63, 3.8) is 0 Å². The number of carboxylic acids is 1. The van der Waals surface area contributed by atoms with Gasteiger partial charge in [-0.05, 0) is 29.8 Å². The first-order valence-electron chi connectivity index (χ1n) is 7.99. The van der Waals surface area contributed by atoms with Crippen LogP contribution in [0, 0.1) is 0 Å². The van der Waals surface area contributed by atoms with E-state index in [0.717, 1.165) is 11.8 Å². The smallest absolute Gasteiger partial charge is 0.335 e. The van der Waals surface area contributed by atoms with E-state index >= 15 is 0 Å². The van der Waals surface area contributed by atoms with E-state index in [-0.39, 0.29) is 25.3 Å². The Bertz CT molecular complexity index is 845. The number of aromatic carboxylic acids is 1. The second kappa shape index (κ2) is 9.17. The highest BCUT2D eigenvalue weighted by Gasteiger charge is 2.15. The molecule has 0 unspecified atom stereocenters. The van der Waals surface area contributed by atoms with Gasteiger partial charge in [0.1, 0.15) is 12.4 Å². The molecule has 0 radical (unpaired) electrons. The number of hydrogen-bond acceptors (Lipinski definition) is 4. The molecule has 1 N–H and O–H groups in total. The average Bonchev–Trinajstić information content (AvgIpc) is 2.61. The third-order valence-electron chi connectivity index (χ3n) is 3.60. The summed E-state index contributed by atoms with van der Waals surface area (Å²) in [6, 6.07) is 15.6. The quantitative estimate of drug-likeness (QED) is 0.729. The minimum absolute atomic E-state index is 0.165. The van der Waals surface area contributed by atoms with Gasteiger partial charge in [-0.2, -0.15) is 4.31 Å². The number of carboxylic acid groups (broad SMARTS) is 1. The van der Waals surface area contributed by atoms with Crippen molar-refractivity contribution in [3.8, 4) is 5.75 Å². The molecule has 138 valence electrons. The molecule has 0 atom stereocenters. The molecule has 6 nitrogen and oxygen atoms in total. The standard InChI is InChI=1S/C19H21NO5S/c1-26(23,24)20(13-5-8-16-6-3-2-4-7-16)14-15-25-18-11-9-17(10-12-18)19(21)22/h2-12H,13-15H2,1H3,(H,21,22)/b8-5+. The number of ether oxygens (including phenoxy) is 1. The van der Waals surface area contributed by atoms with Gasteiger partial charge in [-0.3, -0.25) is 0 Å². The van der Waals surface area contributed by atoms with E-state index < -0.39 is 16.0 Å². The summed E-state index contributed by atoms with van der Waals surface area (Å²) in [5.74, 6) is -0.520. The molecule has 0 saturated heterocycles. The number of sulfonamides is 1. The van der Waals surface area contributed by atoms with Crippen molar-refractivity contribution >= 4 is 22.1 Å². The van der Waals surface area contributed by atoms with Crippen LogP contribution in [-0.2, 0) is 10.0 Å². The van der Waals surface area contributed by atoms with E-state index in [0.29, 0.717) is 5.75 Å². The Labute approximate surface area is 153 Å². The highest BCUT2D eigenvalue weighted by Crippen LogP contribution is 2.12. The van der Waals surface area contributed by atoms with Crippen molar-refractivity contribution in [1.82, 2.24) is 4.31 Å². The summed E-state index contributed by atoms with van der Waals surface area (Å²) in [6.07, 6.45) is 4.81. The van der Waals surface area contributed by atoms with Gasteiger partial charge in [0.15, 0.2) is 0 Å². The van der Waals surface area contributed by atoms with Gasteiger partial charge in [-0.1, -0.05) is 42.5 Å². The molecule has 0 spiro atoms. The predicted molar refractivity (Wildman–Crippen MR) is 101 cm³/mol. The third kappa shape index (κ3) is 6.34. The maximum absolute atomic E-state index is 11.9. The molecule has 0 aromatic heterocycles. The van der Waals surface area contributed by atoms with Crippen LogP contribution in [-0.4, -0.2) is 49.8 Å². The lowest BCUT2D eigenvalue weighted by Gasteiger charge is -2.18. The molecule has 0 bridgehead atoms. The van der Waals surface area contributed by atoms with Gasteiger partial charge in [0.25, 0.3) is 0 Å². The summed E-state index contributed by atoms with van der Waals surface area (Å²) >= 11 is 0. The summed E-state index contributed by atoms with van der Waals surface area (Å²) in [7, 11) is -3.37. The average molecular weight is 375 g/mol. The lowest BCUT2D eigenvalue weighted by molar-refractivity contribution is 0.0697. The summed E-state index contributed by atoms with van der Waals surface area (Å²) in [5.41, 5.74) is 1.16. The van der Waals surface area contributed by atoms with Crippen LogP contribution in [0.5, 0.6) is 5.75 Å². The maximum atomic E-state index is 11.9. The Morgan fingerprint density at radius 3 is 2.35 bits per heavy atom. The van der Waals surface area contributed by atoms with Crippen LogP contribution < -0.4 is 4.74 Å². The van der Waals surface area contributed by atoms with E-state index in [2.05, 4.69) is 0 Å². The van der Waals surface area contributed by atoms with Crippen LogP contribution in [0.1, 0.15) is 15.9 Å². The number of nitrogens with zero attached hydrogens (tertiary/aromatic N) is 1. The lowest BCUT2D eigenvalue weighted by atomic mass is 10.2. The van der Waals surface area contributed by atoms with Crippen molar-refractivity contribution in [1.29, 1.82) is 0 Å². The van der Waals surface area contributed by atoms with Crippen LogP contribution >= 0.6 is 0 Å². The largest absolute Gasteiger partial charge is 0.492 e. The molecule has 0 aliphatic heterocycles. The molecule has 0 fully saturated rings. The first-order valence-corrected chi connectivity index (χ1v) is 9.84. The summed E-state index contributed by atoms with van der Waals surface area (Å²) in [4.78, 5) is 10.8. The fourth-order valence-corrected chi connectivity index (χ4v) is 2.99. The van der Waals surface area contributed by atoms with Crippen molar-refractivity contribution in [2.75, 3.05) is 26.0 Å². The lowest BCUT2D eigenvalue weighted by Crippen LogP contribution is -2.33. The highest BCUT2D eigenvalue weighted by atomic mass is 32.2. The molecule has 2 aromatic rings. The number of hydrogen-bond donors (Lipinski definition) is 1. The molecule has 0 aliphatic rings. The molecule has 26 heavy (non-hydrogen) atoms. The normalized spacial score (nSPS) is 11.8. The van der Waals surface area contributed by atoms with Crippen molar-refractivity contribution in [2.45, 2.75) is 0 Å². The molecular formula is C19H21NO5S. The highest BCUT2D eigenvalue weighted by molar-refractivity contribution is 7.88. The second-order valence-electron chi connectivity index (χ2n) is 5.61. The molecule has 0 saturated carbocycles. The number of benzene rings is 2. The molecule has 0 heterocycles. The Kier molecular flexibility index (Phi) is 6.94. The Morgan fingerprint density at radius 2 is 1.77 bits per heavy atom. The second-order valence-corrected chi connectivity index (χ2v) is 7.59. The van der Waals surface area contributed by atoms with E-state index in [4.69, 9.17) is 9.84 Å². The van der Waals surface area contributed by atoms with Crippen molar-refractivity contribution in [2.24, 2.45) is 0 Å². The summed E-state index contributed by atoms with van der Waals surface area (Å²) in [6.45, 7) is 0.604. The van der Waals surface area contributed by atoms with Crippen LogP contribution in [0.2, 0.25) is 0 Å². The topological polar surface area (TPSA) is 83.9 Å². The van der Waals surface area contributed by atoms with Crippen LogP contribution in [0.4, 0.5) is 0 Å². The van der Waals surface area contributed by atoms with E-state index in [9.17, 15) is 13.2 Å². The van der Waals surface area contributed by atoms with Crippen molar-refractivity contribution < 1.29 is 23.1 Å². The molecule has 0 aliphatic carbocycles. The minimum Gasteiger partial charge on any atom is -0.492 e. The molecule has 2 rings (SSSR count). The van der Waals surface area contributed by atoms with Crippen molar-refractivity contribution in [3.05, 3.63) is 71.8 Å². The third-order valence-corrected chi connectivity index (χ3v) is 4.87. The fraction of sp³-hybridized carbons (Fsp3) is 0.211. The monoisotopic (exact) mass is 375 g/mol. The molecule has 0 amide bonds. The van der Waals surface area contributed by atoms with E-state index in [1.807, 2.05) is 36.4 Å². The molecule has 2 aromatic carbocycles. The first-order chi connectivity index (χ1) is 12.4. The summed E-state index contributed by atoms with van der Waals surface area (Å²) < 4.78 is 30.6. The predicted octanol–water partition coefficient (Wildman–Crippen LogP) is 2.74. The zero-order chi connectivity index (χ0) is 19.0. The summed E-state index contributed by atoms with van der Waals surface area (Å²) in [5, 5.41) is 8.86. The Hall–Kier alpha value is -2.64. The van der Waals surface area contributed by atoms with Gasteiger partial charge in [0.2, 0.25) is 10.0 Å². The molecular weight excluding hydrogens is 354 g/mol. The van der Waals surface area contributed by atoms with E-state index in [1.54, 1.807) is 18.2 Å². The zero-order valence-corrected chi connectivity index (χ0v) is 15.2. The number of rotatable bonds is 9. The van der Waals surface area contributed by atoms with Gasteiger partial charge < -0.3 is 9.84 Å². The maximum Gasteiger partial charge on any atom is 0.335 e. The van der Waals surface area contributed by atoms with Crippen LogP contribution in [0.3, 0.4) is 0 Å². The van der Waals surface area contributed by atoms with E-state index in [1.165, 1.54) is 16.4 Å². The van der Waals surface area contributed by atoms with Gasteiger partial charge in [-0.25, -0.2) is 13.2 Å². The van der Waals surface area contributed by atoms with Gasteiger partial charge >= 0.3 is 5.97 Å². The minimum atomic E-state index is -3.37. The zero-order valence-electron chi connectivity index (χ0n) is 14.4. The SMILES string of the molecule is CS(=O)(=O)N(C/C=C/c1ccccc1)CCOc1ccc(C(=O)O)cc1. The van der Waals surface area contributed by atoms with Gasteiger partial charge in [0, 0.05) is 13.1 Å². The van der Waals surface area contributed by atoms with Gasteiger partial charge in [0.05, 0.1) is 11.8 Å². The molecule has 7 heteroatoms. The Balaban J connectivity index is 1.89. The van der Waals surface area contributed by atoms with Crippen LogP contribution in [0.15, 0.2) is 60.7 Å². The number of carbonyl (C=O) groups is 1. The van der Waals surface area contributed by atoms with Gasteiger partial charge in [-0.15, -0.1) is 0 Å².